The van der Waals surface area contributed by atoms with E-state index in [0.29, 0.717) is 22.4 Å². The topological polar surface area (TPSA) is 90.4 Å². The second-order valence-corrected chi connectivity index (χ2v) is 6.12. The molecule has 0 saturated heterocycles. The summed E-state index contributed by atoms with van der Waals surface area (Å²) in [7, 11) is 1.57. The monoisotopic (exact) mass is 345 g/mol. The van der Waals surface area contributed by atoms with E-state index in [9.17, 15) is 4.79 Å². The van der Waals surface area contributed by atoms with Crippen molar-refractivity contribution in [3.05, 3.63) is 42.7 Å². The van der Waals surface area contributed by atoms with Gasteiger partial charge in [-0.1, -0.05) is 17.8 Å². The van der Waals surface area contributed by atoms with E-state index >= 15 is 0 Å². The van der Waals surface area contributed by atoms with Gasteiger partial charge in [0.05, 0.1) is 18.6 Å². The van der Waals surface area contributed by atoms with Crippen LogP contribution >= 0.6 is 11.8 Å². The summed E-state index contributed by atoms with van der Waals surface area (Å²) in [5, 5.41) is 10.5. The number of amides is 1. The lowest BCUT2D eigenvalue weighted by Gasteiger charge is -2.10. The van der Waals surface area contributed by atoms with Gasteiger partial charge < -0.3 is 18.9 Å². The molecule has 3 aromatic rings. The van der Waals surface area contributed by atoms with Gasteiger partial charge in [-0.2, -0.15) is 0 Å². The molecule has 3 rings (SSSR count). The summed E-state index contributed by atoms with van der Waals surface area (Å²) in [6.45, 7) is 1.76. The number of benzene rings is 1. The molecule has 0 radical (unpaired) electrons. The summed E-state index contributed by atoms with van der Waals surface area (Å²) in [4.78, 5) is 12.3. The second-order valence-electron chi connectivity index (χ2n) is 4.83. The predicted molar refractivity (Wildman–Crippen MR) is 88.9 cm³/mol. The highest BCUT2D eigenvalue weighted by Crippen LogP contribution is 2.27. The van der Waals surface area contributed by atoms with E-state index in [4.69, 9.17) is 13.6 Å². The van der Waals surface area contributed by atoms with Crippen molar-refractivity contribution >= 4 is 23.4 Å². The molecule has 24 heavy (non-hydrogen) atoms. The smallest absolute Gasteiger partial charge is 0.284 e. The first-order valence-electron chi connectivity index (χ1n) is 7.14. The van der Waals surface area contributed by atoms with Crippen LogP contribution < -0.4 is 10.1 Å². The Labute approximate surface area is 142 Å². The molecule has 0 bridgehead atoms. The predicted octanol–water partition coefficient (Wildman–Crippen LogP) is 3.46. The summed E-state index contributed by atoms with van der Waals surface area (Å²) in [6.07, 6.45) is 1.52. The highest BCUT2D eigenvalue weighted by atomic mass is 32.2. The molecular formula is C16H15N3O4S. The standard InChI is InChI=1S/C16H15N3O4S/c1-10(14(20)17-11-5-3-6-12(9-11)21-2)24-16-19-18-15(23-16)13-7-4-8-22-13/h3-10H,1-2H3,(H,17,20)/t10-/m0/s1. The Balaban J connectivity index is 1.61. The number of methoxy groups -OCH3 is 1. The number of ether oxygens (including phenoxy) is 1. The minimum atomic E-state index is -0.416. The van der Waals surface area contributed by atoms with Crippen LogP contribution in [0.5, 0.6) is 5.75 Å². The van der Waals surface area contributed by atoms with Crippen LogP contribution in [0, 0.1) is 0 Å². The van der Waals surface area contributed by atoms with Crippen molar-refractivity contribution in [1.29, 1.82) is 0 Å². The van der Waals surface area contributed by atoms with Crippen LogP contribution in [-0.4, -0.2) is 28.5 Å². The SMILES string of the molecule is COc1cccc(NC(=O)[C@H](C)Sc2nnc(-c3ccco3)o2)c1. The first-order chi connectivity index (χ1) is 11.7. The molecule has 0 saturated carbocycles. The number of furan rings is 1. The lowest BCUT2D eigenvalue weighted by atomic mass is 10.3. The minimum absolute atomic E-state index is 0.175. The van der Waals surface area contributed by atoms with E-state index in [2.05, 4.69) is 15.5 Å². The normalized spacial score (nSPS) is 11.9. The number of nitrogens with zero attached hydrogens (tertiary/aromatic N) is 2. The molecule has 1 amide bonds. The maximum atomic E-state index is 12.3. The Morgan fingerprint density at radius 2 is 2.17 bits per heavy atom. The van der Waals surface area contributed by atoms with Crippen LogP contribution in [0.1, 0.15) is 6.92 Å². The number of anilines is 1. The average Bonchev–Trinajstić information content (AvgIpc) is 3.26. The van der Waals surface area contributed by atoms with Gasteiger partial charge in [0.1, 0.15) is 5.75 Å². The van der Waals surface area contributed by atoms with Gasteiger partial charge in [-0.15, -0.1) is 10.2 Å². The molecule has 2 aromatic heterocycles. The summed E-state index contributed by atoms with van der Waals surface area (Å²) >= 11 is 1.17. The molecule has 0 aliphatic heterocycles. The highest BCUT2D eigenvalue weighted by Gasteiger charge is 2.19. The second kappa shape index (κ2) is 7.22. The van der Waals surface area contributed by atoms with Gasteiger partial charge in [-0.05, 0) is 31.2 Å². The summed E-state index contributed by atoms with van der Waals surface area (Å²) < 4.78 is 15.8. The van der Waals surface area contributed by atoms with E-state index in [0.717, 1.165) is 0 Å². The first kappa shape index (κ1) is 16.1. The van der Waals surface area contributed by atoms with Gasteiger partial charge in [-0.3, -0.25) is 4.79 Å². The Hall–Kier alpha value is -2.74. The fraction of sp³-hybridized carbons (Fsp3) is 0.188. The molecule has 0 aliphatic rings. The van der Waals surface area contributed by atoms with Crippen LogP contribution in [0.2, 0.25) is 0 Å². The zero-order valence-corrected chi connectivity index (χ0v) is 13.9. The molecule has 7 nitrogen and oxygen atoms in total. The lowest BCUT2D eigenvalue weighted by Crippen LogP contribution is -2.22. The third kappa shape index (κ3) is 3.77. The van der Waals surface area contributed by atoms with Crippen molar-refractivity contribution in [2.24, 2.45) is 0 Å². The molecule has 8 heteroatoms. The van der Waals surface area contributed by atoms with Crippen molar-refractivity contribution in [2.75, 3.05) is 12.4 Å². The van der Waals surface area contributed by atoms with Crippen molar-refractivity contribution in [2.45, 2.75) is 17.4 Å². The number of nitrogens with one attached hydrogen (secondary N) is 1. The zero-order chi connectivity index (χ0) is 16.9. The van der Waals surface area contributed by atoms with E-state index in [-0.39, 0.29) is 11.8 Å². The molecule has 0 aliphatic carbocycles. The molecule has 0 unspecified atom stereocenters. The molecule has 1 N–H and O–H groups in total. The third-order valence-corrected chi connectivity index (χ3v) is 4.06. The summed E-state index contributed by atoms with van der Waals surface area (Å²) in [5.41, 5.74) is 0.661. The maximum absolute atomic E-state index is 12.3. The number of carbonyl (C=O) groups is 1. The average molecular weight is 345 g/mol. The van der Waals surface area contributed by atoms with Gasteiger partial charge in [0, 0.05) is 11.8 Å². The fourth-order valence-electron chi connectivity index (χ4n) is 1.91. The van der Waals surface area contributed by atoms with Gasteiger partial charge >= 0.3 is 0 Å². The van der Waals surface area contributed by atoms with Gasteiger partial charge in [0.2, 0.25) is 5.91 Å². The molecule has 0 fully saturated rings. The van der Waals surface area contributed by atoms with Crippen molar-refractivity contribution < 1.29 is 18.4 Å². The Morgan fingerprint density at radius 3 is 2.92 bits per heavy atom. The minimum Gasteiger partial charge on any atom is -0.497 e. The Bertz CT molecular complexity index is 816. The molecule has 1 aromatic carbocycles. The number of hydrogen-bond acceptors (Lipinski definition) is 7. The van der Waals surface area contributed by atoms with Crippen molar-refractivity contribution in [3.63, 3.8) is 0 Å². The van der Waals surface area contributed by atoms with Crippen molar-refractivity contribution in [1.82, 2.24) is 10.2 Å². The molecule has 0 spiro atoms. The number of thioether (sulfide) groups is 1. The first-order valence-corrected chi connectivity index (χ1v) is 8.02. The number of carbonyl (C=O) groups excluding carboxylic acids is 1. The van der Waals surface area contributed by atoms with E-state index in [1.165, 1.54) is 18.0 Å². The van der Waals surface area contributed by atoms with E-state index in [1.807, 2.05) is 6.07 Å². The zero-order valence-electron chi connectivity index (χ0n) is 13.1. The van der Waals surface area contributed by atoms with E-state index in [1.54, 1.807) is 44.4 Å². The van der Waals surface area contributed by atoms with Crippen LogP contribution in [0.4, 0.5) is 5.69 Å². The molecular weight excluding hydrogens is 330 g/mol. The lowest BCUT2D eigenvalue weighted by molar-refractivity contribution is -0.115. The number of aromatic nitrogens is 2. The van der Waals surface area contributed by atoms with Crippen LogP contribution in [0.25, 0.3) is 11.7 Å². The van der Waals surface area contributed by atoms with Crippen LogP contribution in [0.3, 0.4) is 0 Å². The highest BCUT2D eigenvalue weighted by molar-refractivity contribution is 8.00. The van der Waals surface area contributed by atoms with Crippen LogP contribution in [-0.2, 0) is 4.79 Å². The Kier molecular flexibility index (Phi) is 4.85. The maximum Gasteiger partial charge on any atom is 0.284 e. The number of hydrogen-bond donors (Lipinski definition) is 1. The van der Waals surface area contributed by atoms with Crippen molar-refractivity contribution in [3.8, 4) is 17.4 Å². The quantitative estimate of drug-likeness (QED) is 0.684. The van der Waals surface area contributed by atoms with Gasteiger partial charge in [-0.25, -0.2) is 0 Å². The summed E-state index contributed by atoms with van der Waals surface area (Å²) in [6, 6.07) is 10.6. The van der Waals surface area contributed by atoms with E-state index < -0.39 is 5.25 Å². The summed E-state index contributed by atoms with van der Waals surface area (Å²) in [5.74, 6) is 1.27. The molecule has 2 heterocycles. The largest absolute Gasteiger partial charge is 0.497 e. The van der Waals surface area contributed by atoms with Crippen LogP contribution in [0.15, 0.2) is 56.7 Å². The van der Waals surface area contributed by atoms with Gasteiger partial charge in [0.25, 0.3) is 11.1 Å². The fourth-order valence-corrected chi connectivity index (χ4v) is 2.59. The molecule has 124 valence electrons. The number of rotatable bonds is 6. The Morgan fingerprint density at radius 1 is 1.29 bits per heavy atom. The molecule has 1 atom stereocenters. The third-order valence-electron chi connectivity index (χ3n) is 3.12. The van der Waals surface area contributed by atoms with Gasteiger partial charge in [0.15, 0.2) is 5.76 Å².